The van der Waals surface area contributed by atoms with E-state index in [0.717, 1.165) is 28.3 Å². The minimum Gasteiger partial charge on any atom is -0.497 e. The quantitative estimate of drug-likeness (QED) is 0.654. The molecule has 0 unspecified atom stereocenters. The highest BCUT2D eigenvalue weighted by molar-refractivity contribution is 5.78. The van der Waals surface area contributed by atoms with Gasteiger partial charge in [-0.25, -0.2) is 0 Å². The van der Waals surface area contributed by atoms with E-state index in [2.05, 4.69) is 5.32 Å². The van der Waals surface area contributed by atoms with Gasteiger partial charge in [-0.15, -0.1) is 0 Å². The van der Waals surface area contributed by atoms with Crippen LogP contribution in [0.2, 0.25) is 0 Å². The van der Waals surface area contributed by atoms with Crippen LogP contribution in [0.4, 0.5) is 5.69 Å². The topological polar surface area (TPSA) is 68.8 Å². The van der Waals surface area contributed by atoms with Gasteiger partial charge >= 0.3 is 0 Å². The molecule has 0 radical (unpaired) electrons. The second-order valence-electron chi connectivity index (χ2n) is 5.10. The van der Waals surface area contributed by atoms with E-state index in [4.69, 9.17) is 15.3 Å². The standard InChI is InChI=1S/C20H17N3O/c1-15-3-6-17(7-4-15)20(12-5-16(13-21)14-22)23-18-8-10-19(24-2)11-9-18/h3-12,23H,1-2H3/b20-12+. The SMILES string of the molecule is COc1ccc(N/C(=C/C=C(C#N)C#N)c2ccc(C)cc2)cc1. The van der Waals surface area contributed by atoms with Gasteiger partial charge in [-0.05, 0) is 48.9 Å². The Balaban J connectivity index is 2.37. The molecule has 0 aliphatic carbocycles. The molecule has 0 aliphatic heterocycles. The average molecular weight is 315 g/mol. The van der Waals surface area contributed by atoms with Crippen molar-refractivity contribution in [3.05, 3.63) is 77.4 Å². The first kappa shape index (κ1) is 16.9. The third-order valence-corrected chi connectivity index (χ3v) is 3.39. The minimum atomic E-state index is 0.0520. The minimum absolute atomic E-state index is 0.0520. The van der Waals surface area contributed by atoms with Gasteiger partial charge in [0.05, 0.1) is 7.11 Å². The van der Waals surface area contributed by atoms with Crippen molar-refractivity contribution in [3.63, 3.8) is 0 Å². The smallest absolute Gasteiger partial charge is 0.129 e. The van der Waals surface area contributed by atoms with Crippen LogP contribution in [0, 0.1) is 29.6 Å². The molecule has 2 aromatic rings. The maximum Gasteiger partial charge on any atom is 0.129 e. The second-order valence-corrected chi connectivity index (χ2v) is 5.10. The van der Waals surface area contributed by atoms with Gasteiger partial charge in [0, 0.05) is 11.4 Å². The normalized spacial score (nSPS) is 10.2. The van der Waals surface area contributed by atoms with Gasteiger partial charge in [-0.2, -0.15) is 10.5 Å². The monoisotopic (exact) mass is 315 g/mol. The van der Waals surface area contributed by atoms with Crippen molar-refractivity contribution >= 4 is 11.4 Å². The molecule has 2 aromatic carbocycles. The zero-order chi connectivity index (χ0) is 17.4. The Morgan fingerprint density at radius 3 is 2.12 bits per heavy atom. The first-order valence-electron chi connectivity index (χ1n) is 7.36. The van der Waals surface area contributed by atoms with Crippen LogP contribution in [0.15, 0.2) is 66.3 Å². The van der Waals surface area contributed by atoms with Crippen molar-refractivity contribution in [2.75, 3.05) is 12.4 Å². The molecule has 0 bridgehead atoms. The highest BCUT2D eigenvalue weighted by atomic mass is 16.5. The number of ether oxygens (including phenoxy) is 1. The number of anilines is 1. The molecule has 1 N–H and O–H groups in total. The van der Waals surface area contributed by atoms with E-state index in [1.165, 1.54) is 6.08 Å². The van der Waals surface area contributed by atoms with Gasteiger partial charge in [-0.3, -0.25) is 0 Å². The number of rotatable bonds is 5. The number of nitrogens with one attached hydrogen (secondary N) is 1. The molecule has 2 rings (SSSR count). The van der Waals surface area contributed by atoms with E-state index in [-0.39, 0.29) is 5.57 Å². The Bertz CT molecular complexity index is 816. The van der Waals surface area contributed by atoms with Crippen molar-refractivity contribution in [1.82, 2.24) is 0 Å². The lowest BCUT2D eigenvalue weighted by Crippen LogP contribution is -1.99. The van der Waals surface area contributed by atoms with Gasteiger partial charge in [0.15, 0.2) is 0 Å². The molecule has 0 aromatic heterocycles. The van der Waals surface area contributed by atoms with Gasteiger partial charge in [0.25, 0.3) is 0 Å². The Hall–Kier alpha value is -3.50. The molecule has 4 nitrogen and oxygen atoms in total. The third-order valence-electron chi connectivity index (χ3n) is 3.39. The summed E-state index contributed by atoms with van der Waals surface area (Å²) in [5.41, 5.74) is 3.85. The number of hydrogen-bond donors (Lipinski definition) is 1. The third kappa shape index (κ3) is 4.50. The maximum atomic E-state index is 8.89. The summed E-state index contributed by atoms with van der Waals surface area (Å²) in [6.07, 6.45) is 3.24. The molecule has 0 fully saturated rings. The Morgan fingerprint density at radius 2 is 1.58 bits per heavy atom. The molecule has 0 saturated heterocycles. The van der Waals surface area contributed by atoms with E-state index in [9.17, 15) is 0 Å². The highest BCUT2D eigenvalue weighted by Gasteiger charge is 2.03. The van der Waals surface area contributed by atoms with Crippen LogP contribution in [0.3, 0.4) is 0 Å². The molecule has 24 heavy (non-hydrogen) atoms. The molecule has 0 spiro atoms. The van der Waals surface area contributed by atoms with Crippen LogP contribution in [0.25, 0.3) is 5.70 Å². The average Bonchev–Trinajstić information content (AvgIpc) is 2.63. The van der Waals surface area contributed by atoms with Crippen LogP contribution in [0.5, 0.6) is 5.75 Å². The van der Waals surface area contributed by atoms with Crippen LogP contribution in [0.1, 0.15) is 11.1 Å². The summed E-state index contributed by atoms with van der Waals surface area (Å²) in [5.74, 6) is 0.776. The molecule has 4 heteroatoms. The zero-order valence-electron chi connectivity index (χ0n) is 13.6. The molecule has 0 amide bonds. The Morgan fingerprint density at radius 1 is 0.958 bits per heavy atom. The lowest BCUT2D eigenvalue weighted by Gasteiger charge is -2.12. The summed E-state index contributed by atoms with van der Waals surface area (Å²) >= 11 is 0. The summed E-state index contributed by atoms with van der Waals surface area (Å²) in [4.78, 5) is 0. The van der Waals surface area contributed by atoms with E-state index < -0.39 is 0 Å². The first-order chi connectivity index (χ1) is 11.7. The molecule has 118 valence electrons. The number of methoxy groups -OCH3 is 1. The number of hydrogen-bond acceptors (Lipinski definition) is 4. The lowest BCUT2D eigenvalue weighted by atomic mass is 10.1. The second kappa shape index (κ2) is 8.22. The van der Waals surface area contributed by atoms with Gasteiger partial charge in [-0.1, -0.05) is 29.8 Å². The fraction of sp³-hybridized carbons (Fsp3) is 0.100. The predicted molar refractivity (Wildman–Crippen MR) is 95.1 cm³/mol. The molecule has 0 atom stereocenters. The number of nitriles is 2. The molecule has 0 aliphatic rings. The molecule has 0 heterocycles. The van der Waals surface area contributed by atoms with Crippen molar-refractivity contribution < 1.29 is 4.74 Å². The molecular formula is C20H17N3O. The fourth-order valence-corrected chi connectivity index (χ4v) is 2.04. The molecule has 0 saturated carbocycles. The van der Waals surface area contributed by atoms with E-state index >= 15 is 0 Å². The van der Waals surface area contributed by atoms with Gasteiger partial charge in [0.2, 0.25) is 0 Å². The lowest BCUT2D eigenvalue weighted by molar-refractivity contribution is 0.415. The van der Waals surface area contributed by atoms with E-state index in [1.807, 2.05) is 67.6 Å². The Kier molecular flexibility index (Phi) is 5.77. The summed E-state index contributed by atoms with van der Waals surface area (Å²) in [6.45, 7) is 2.02. The fourth-order valence-electron chi connectivity index (χ4n) is 2.04. The van der Waals surface area contributed by atoms with Crippen molar-refractivity contribution in [3.8, 4) is 17.9 Å². The number of aryl methyl sites for hydroxylation is 1. The van der Waals surface area contributed by atoms with Crippen molar-refractivity contribution in [1.29, 1.82) is 10.5 Å². The van der Waals surface area contributed by atoms with Crippen LogP contribution in [-0.2, 0) is 0 Å². The van der Waals surface area contributed by atoms with Gasteiger partial charge in [0.1, 0.15) is 23.5 Å². The largest absolute Gasteiger partial charge is 0.497 e. The van der Waals surface area contributed by atoms with Crippen LogP contribution >= 0.6 is 0 Å². The predicted octanol–water partition coefficient (Wildman–Crippen LogP) is 4.43. The summed E-state index contributed by atoms with van der Waals surface area (Å²) in [7, 11) is 1.62. The van der Waals surface area contributed by atoms with Gasteiger partial charge < -0.3 is 10.1 Å². The van der Waals surface area contributed by atoms with E-state index in [0.29, 0.717) is 0 Å². The highest BCUT2D eigenvalue weighted by Crippen LogP contribution is 2.22. The van der Waals surface area contributed by atoms with Crippen molar-refractivity contribution in [2.24, 2.45) is 0 Å². The van der Waals surface area contributed by atoms with Crippen LogP contribution < -0.4 is 10.1 Å². The summed E-state index contributed by atoms with van der Waals surface area (Å²) < 4.78 is 5.16. The zero-order valence-corrected chi connectivity index (χ0v) is 13.6. The summed E-state index contributed by atoms with van der Waals surface area (Å²) in [5, 5.41) is 21.1. The first-order valence-corrected chi connectivity index (χ1v) is 7.36. The van der Waals surface area contributed by atoms with Crippen molar-refractivity contribution in [2.45, 2.75) is 6.92 Å². The summed E-state index contributed by atoms with van der Waals surface area (Å²) in [6, 6.07) is 19.2. The maximum absolute atomic E-state index is 8.89. The van der Waals surface area contributed by atoms with Crippen LogP contribution in [-0.4, -0.2) is 7.11 Å². The molecular weight excluding hydrogens is 298 g/mol. The number of benzene rings is 2. The Labute approximate surface area is 141 Å². The number of nitrogens with zero attached hydrogens (tertiary/aromatic N) is 2. The number of allylic oxidation sites excluding steroid dienone is 3. The van der Waals surface area contributed by atoms with E-state index in [1.54, 1.807) is 13.2 Å².